The van der Waals surface area contributed by atoms with Gasteiger partial charge in [0.2, 0.25) is 5.91 Å². The molecule has 0 spiro atoms. The van der Waals surface area contributed by atoms with Gasteiger partial charge in [0.1, 0.15) is 5.69 Å². The standard InChI is InChI=1S/C26H29N5O2/c1-21(32)31-16-8-15-29(20-23-10-4-6-13-27-23)17-18-30(19-22-9-2-3-12-25(22)31)26(33)24-11-5-7-14-28-24/h2-7,9-14H,8,15-20H2,1H3. The van der Waals surface area contributed by atoms with Crippen molar-refractivity contribution in [3.05, 3.63) is 90.0 Å². The molecule has 0 fully saturated rings. The van der Waals surface area contributed by atoms with Crippen molar-refractivity contribution in [1.82, 2.24) is 19.8 Å². The predicted octanol–water partition coefficient (Wildman–Crippen LogP) is 3.38. The van der Waals surface area contributed by atoms with Crippen molar-refractivity contribution in [3.8, 4) is 0 Å². The third-order valence-corrected chi connectivity index (χ3v) is 5.85. The largest absolute Gasteiger partial charge is 0.332 e. The van der Waals surface area contributed by atoms with E-state index < -0.39 is 0 Å². The van der Waals surface area contributed by atoms with Gasteiger partial charge in [-0.2, -0.15) is 0 Å². The number of benzene rings is 1. The van der Waals surface area contributed by atoms with Gasteiger partial charge in [-0.25, -0.2) is 0 Å². The van der Waals surface area contributed by atoms with E-state index >= 15 is 0 Å². The Hall–Kier alpha value is -3.58. The zero-order valence-corrected chi connectivity index (χ0v) is 18.9. The van der Waals surface area contributed by atoms with Crippen LogP contribution in [0.15, 0.2) is 73.1 Å². The molecule has 0 radical (unpaired) electrons. The van der Waals surface area contributed by atoms with Gasteiger partial charge in [-0.05, 0) is 42.3 Å². The maximum Gasteiger partial charge on any atom is 0.272 e. The maximum atomic E-state index is 13.4. The summed E-state index contributed by atoms with van der Waals surface area (Å²) in [6.45, 7) is 5.38. The molecule has 0 atom stereocenters. The molecule has 0 saturated heterocycles. The number of hydrogen-bond donors (Lipinski definition) is 0. The van der Waals surface area contributed by atoms with Crippen LogP contribution in [0.25, 0.3) is 0 Å². The molecule has 1 aromatic carbocycles. The number of hydrogen-bond acceptors (Lipinski definition) is 5. The minimum atomic E-state index is -0.114. The Bertz CT molecular complexity index is 1070. The highest BCUT2D eigenvalue weighted by Gasteiger charge is 2.23. The number of rotatable bonds is 3. The first-order valence-corrected chi connectivity index (χ1v) is 11.3. The Kier molecular flexibility index (Phi) is 7.42. The topological polar surface area (TPSA) is 69.6 Å². The Balaban J connectivity index is 1.65. The van der Waals surface area contributed by atoms with Gasteiger partial charge < -0.3 is 9.80 Å². The van der Waals surface area contributed by atoms with Crippen molar-refractivity contribution in [2.75, 3.05) is 31.1 Å². The lowest BCUT2D eigenvalue weighted by Crippen LogP contribution is -2.39. The van der Waals surface area contributed by atoms with Gasteiger partial charge in [-0.1, -0.05) is 30.3 Å². The average Bonchev–Trinajstić information content (AvgIpc) is 2.88. The van der Waals surface area contributed by atoms with Crippen LogP contribution < -0.4 is 4.90 Å². The molecule has 3 heterocycles. The molecule has 0 aliphatic carbocycles. The number of para-hydroxylation sites is 1. The minimum Gasteiger partial charge on any atom is -0.332 e. The number of nitrogens with zero attached hydrogens (tertiary/aromatic N) is 5. The van der Waals surface area contributed by atoms with Gasteiger partial charge in [0.05, 0.1) is 5.69 Å². The first-order chi connectivity index (χ1) is 16.1. The number of pyridine rings is 2. The van der Waals surface area contributed by atoms with Crippen LogP contribution in [0.5, 0.6) is 0 Å². The molecule has 1 aliphatic rings. The fourth-order valence-electron chi connectivity index (χ4n) is 4.17. The summed E-state index contributed by atoms with van der Waals surface area (Å²) >= 11 is 0. The molecule has 2 aromatic heterocycles. The molecule has 7 heteroatoms. The van der Waals surface area contributed by atoms with Crippen molar-refractivity contribution in [1.29, 1.82) is 0 Å². The molecular formula is C26H29N5O2. The second kappa shape index (κ2) is 10.8. The molecule has 3 aromatic rings. The van der Waals surface area contributed by atoms with E-state index in [2.05, 4.69) is 14.9 Å². The Morgan fingerprint density at radius 2 is 1.61 bits per heavy atom. The molecular weight excluding hydrogens is 414 g/mol. The number of carbonyl (C=O) groups is 2. The SMILES string of the molecule is CC(=O)N1CCCN(Cc2ccccn2)CCN(C(=O)c2ccccn2)Cc2ccccc21. The van der Waals surface area contributed by atoms with Crippen LogP contribution in [0.4, 0.5) is 5.69 Å². The summed E-state index contributed by atoms with van der Waals surface area (Å²) in [6.07, 6.45) is 4.26. The van der Waals surface area contributed by atoms with Crippen LogP contribution in [0, 0.1) is 0 Å². The van der Waals surface area contributed by atoms with Gasteiger partial charge >= 0.3 is 0 Å². The highest BCUT2D eigenvalue weighted by atomic mass is 16.2. The predicted molar refractivity (Wildman–Crippen MR) is 128 cm³/mol. The normalized spacial score (nSPS) is 15.4. The van der Waals surface area contributed by atoms with E-state index in [4.69, 9.17) is 0 Å². The van der Waals surface area contributed by atoms with Crippen LogP contribution in [0.2, 0.25) is 0 Å². The summed E-state index contributed by atoms with van der Waals surface area (Å²) in [4.78, 5) is 40.6. The molecule has 0 N–H and O–H groups in total. The molecule has 2 amide bonds. The molecule has 0 unspecified atom stereocenters. The van der Waals surface area contributed by atoms with Crippen LogP contribution in [0.3, 0.4) is 0 Å². The molecule has 7 nitrogen and oxygen atoms in total. The monoisotopic (exact) mass is 443 g/mol. The van der Waals surface area contributed by atoms with Crippen molar-refractivity contribution in [2.45, 2.75) is 26.4 Å². The van der Waals surface area contributed by atoms with E-state index in [0.29, 0.717) is 38.4 Å². The highest BCUT2D eigenvalue weighted by molar-refractivity contribution is 5.93. The number of carbonyl (C=O) groups excluding carboxylic acids is 2. The second-order valence-electron chi connectivity index (χ2n) is 8.19. The lowest BCUT2D eigenvalue weighted by Gasteiger charge is -2.27. The summed E-state index contributed by atoms with van der Waals surface area (Å²) in [7, 11) is 0. The first kappa shape index (κ1) is 22.6. The van der Waals surface area contributed by atoms with Gasteiger partial charge in [0.25, 0.3) is 5.91 Å². The third-order valence-electron chi connectivity index (χ3n) is 5.85. The van der Waals surface area contributed by atoms with E-state index in [1.54, 1.807) is 31.5 Å². The molecule has 33 heavy (non-hydrogen) atoms. The van der Waals surface area contributed by atoms with Crippen LogP contribution >= 0.6 is 0 Å². The lowest BCUT2D eigenvalue weighted by molar-refractivity contribution is -0.116. The molecule has 1 aliphatic heterocycles. The Morgan fingerprint density at radius 1 is 0.848 bits per heavy atom. The van der Waals surface area contributed by atoms with Gasteiger partial charge in [-0.3, -0.25) is 24.5 Å². The molecule has 0 saturated carbocycles. The number of anilines is 1. The third kappa shape index (κ3) is 5.81. The van der Waals surface area contributed by atoms with E-state index in [0.717, 1.165) is 29.9 Å². The van der Waals surface area contributed by atoms with Crippen LogP contribution in [-0.4, -0.2) is 57.8 Å². The van der Waals surface area contributed by atoms with Crippen molar-refractivity contribution < 1.29 is 9.59 Å². The summed E-state index contributed by atoms with van der Waals surface area (Å²) < 4.78 is 0. The van der Waals surface area contributed by atoms with Gasteiger partial charge in [-0.15, -0.1) is 0 Å². The first-order valence-electron chi connectivity index (χ1n) is 11.3. The summed E-state index contributed by atoms with van der Waals surface area (Å²) in [5.74, 6) is -0.114. The fourth-order valence-corrected chi connectivity index (χ4v) is 4.17. The fraction of sp³-hybridized carbons (Fsp3) is 0.308. The van der Waals surface area contributed by atoms with Gasteiger partial charge in [0, 0.05) is 64.3 Å². The maximum absolute atomic E-state index is 13.4. The Morgan fingerprint density at radius 3 is 2.33 bits per heavy atom. The summed E-state index contributed by atoms with van der Waals surface area (Å²) in [6, 6.07) is 19.1. The van der Waals surface area contributed by atoms with Crippen molar-refractivity contribution in [2.24, 2.45) is 0 Å². The zero-order valence-electron chi connectivity index (χ0n) is 18.9. The van der Waals surface area contributed by atoms with Crippen LogP contribution in [0.1, 0.15) is 35.1 Å². The van der Waals surface area contributed by atoms with Gasteiger partial charge in [0.15, 0.2) is 0 Å². The minimum absolute atomic E-state index is 0.000533. The molecule has 0 bridgehead atoms. The second-order valence-corrected chi connectivity index (χ2v) is 8.19. The highest BCUT2D eigenvalue weighted by Crippen LogP contribution is 2.24. The molecule has 170 valence electrons. The van der Waals surface area contributed by atoms with E-state index in [-0.39, 0.29) is 11.8 Å². The van der Waals surface area contributed by atoms with Crippen molar-refractivity contribution in [3.63, 3.8) is 0 Å². The van der Waals surface area contributed by atoms with E-state index in [1.165, 1.54) is 0 Å². The Labute approximate surface area is 194 Å². The number of fused-ring (bicyclic) bond motifs is 1. The zero-order chi connectivity index (χ0) is 23.0. The quantitative estimate of drug-likeness (QED) is 0.621. The summed E-state index contributed by atoms with van der Waals surface area (Å²) in [5.41, 5.74) is 3.23. The smallest absolute Gasteiger partial charge is 0.272 e. The van der Waals surface area contributed by atoms with E-state index in [9.17, 15) is 9.59 Å². The lowest BCUT2D eigenvalue weighted by atomic mass is 10.1. The molecule has 4 rings (SSSR count). The summed E-state index contributed by atoms with van der Waals surface area (Å²) in [5, 5.41) is 0. The van der Waals surface area contributed by atoms with Crippen LogP contribution in [-0.2, 0) is 17.9 Å². The van der Waals surface area contributed by atoms with E-state index in [1.807, 2.05) is 58.3 Å². The number of amides is 2. The number of aromatic nitrogens is 2. The van der Waals surface area contributed by atoms with Crippen molar-refractivity contribution >= 4 is 17.5 Å². The average molecular weight is 444 g/mol.